The number of phenols is 1. The van der Waals surface area contributed by atoms with E-state index in [0.29, 0.717) is 0 Å². The molecule has 7 heteroatoms. The molecule has 0 aliphatic rings. The van der Waals surface area contributed by atoms with Gasteiger partial charge in [0, 0.05) is 16.7 Å². The highest BCUT2D eigenvalue weighted by atomic mass is 35.5. The number of hydrogen-bond donors (Lipinski definition) is 1. The van der Waals surface area contributed by atoms with Gasteiger partial charge in [0.25, 0.3) is 0 Å². The molecule has 0 amide bonds. The summed E-state index contributed by atoms with van der Waals surface area (Å²) in [5, 5.41) is 9.70. The highest BCUT2D eigenvalue weighted by Crippen LogP contribution is 2.32. The van der Waals surface area contributed by atoms with Crippen LogP contribution in [-0.4, -0.2) is 26.4 Å². The van der Waals surface area contributed by atoms with E-state index < -0.39 is 9.84 Å². The first-order valence-corrected chi connectivity index (χ1v) is 8.05. The van der Waals surface area contributed by atoms with E-state index in [9.17, 15) is 18.3 Å². The summed E-state index contributed by atoms with van der Waals surface area (Å²) in [4.78, 5) is 11.3. The number of ketones is 1. The van der Waals surface area contributed by atoms with Gasteiger partial charge in [-0.2, -0.15) is 0 Å². The van der Waals surface area contributed by atoms with Crippen LogP contribution in [0.3, 0.4) is 0 Å². The zero-order valence-electron chi connectivity index (χ0n) is 11.8. The molecule has 0 bridgehead atoms. The molecular weight excluding hydrogens is 328 g/mol. The summed E-state index contributed by atoms with van der Waals surface area (Å²) in [6, 6.07) is 7.62. The van der Waals surface area contributed by atoms with Gasteiger partial charge in [0.15, 0.2) is 17.3 Å². The number of hydrogen-bond acceptors (Lipinski definition) is 5. The number of benzene rings is 2. The van der Waals surface area contributed by atoms with Crippen molar-refractivity contribution in [3.63, 3.8) is 0 Å². The van der Waals surface area contributed by atoms with Gasteiger partial charge >= 0.3 is 0 Å². The van der Waals surface area contributed by atoms with Crippen LogP contribution >= 0.6 is 11.6 Å². The van der Waals surface area contributed by atoms with E-state index in [-0.39, 0.29) is 37.7 Å². The van der Waals surface area contributed by atoms with Crippen LogP contribution in [0.25, 0.3) is 0 Å². The van der Waals surface area contributed by atoms with Crippen molar-refractivity contribution in [2.24, 2.45) is 0 Å². The van der Waals surface area contributed by atoms with E-state index in [1.54, 1.807) is 0 Å². The number of Topliss-reactive ketones (excluding diaryl/α,β-unsaturated/α-hetero) is 1. The smallest absolute Gasteiger partial charge is 0.206 e. The summed E-state index contributed by atoms with van der Waals surface area (Å²) in [6.07, 6.45) is 0. The Bertz CT molecular complexity index is 843. The van der Waals surface area contributed by atoms with E-state index in [0.717, 1.165) is 0 Å². The second-order valence-corrected chi connectivity index (χ2v) is 6.96. The zero-order chi connectivity index (χ0) is 16.5. The number of aromatic hydroxyl groups is 1. The predicted molar refractivity (Wildman–Crippen MR) is 81.6 cm³/mol. The summed E-state index contributed by atoms with van der Waals surface area (Å²) >= 11 is 5.89. The molecule has 2 rings (SSSR count). The van der Waals surface area contributed by atoms with E-state index in [2.05, 4.69) is 0 Å². The Labute approximate surface area is 133 Å². The predicted octanol–water partition coefficient (Wildman–Crippen LogP) is 3.09. The van der Waals surface area contributed by atoms with Crippen LogP contribution in [0.4, 0.5) is 0 Å². The van der Waals surface area contributed by atoms with Gasteiger partial charge in [-0.25, -0.2) is 8.42 Å². The quantitative estimate of drug-likeness (QED) is 0.865. The van der Waals surface area contributed by atoms with Crippen LogP contribution in [0, 0.1) is 0 Å². The van der Waals surface area contributed by atoms with Gasteiger partial charge in [-0.1, -0.05) is 11.6 Å². The molecule has 0 saturated heterocycles. The van der Waals surface area contributed by atoms with Crippen LogP contribution < -0.4 is 4.74 Å². The third-order valence-electron chi connectivity index (χ3n) is 3.05. The standard InChI is InChI=1S/C15H13ClO5S/c1-9(17)10-5-11(16)7-13(6-10)22(19,20)12-3-4-14(18)15(8-12)21-2/h3-8,18H,1-2H3. The molecule has 0 saturated carbocycles. The fourth-order valence-electron chi connectivity index (χ4n) is 1.88. The maximum absolute atomic E-state index is 12.6. The minimum Gasteiger partial charge on any atom is -0.504 e. The normalized spacial score (nSPS) is 11.2. The average molecular weight is 341 g/mol. The van der Waals surface area contributed by atoms with Crippen molar-refractivity contribution in [1.82, 2.24) is 0 Å². The van der Waals surface area contributed by atoms with E-state index in [4.69, 9.17) is 16.3 Å². The number of carbonyl (C=O) groups is 1. The average Bonchev–Trinajstić information content (AvgIpc) is 2.46. The summed E-state index contributed by atoms with van der Waals surface area (Å²) in [7, 11) is -2.58. The number of rotatable bonds is 4. The Morgan fingerprint density at radius 2 is 1.82 bits per heavy atom. The maximum atomic E-state index is 12.6. The van der Waals surface area contributed by atoms with Crippen LogP contribution in [0.15, 0.2) is 46.2 Å². The van der Waals surface area contributed by atoms with Crippen molar-refractivity contribution in [2.45, 2.75) is 16.7 Å². The number of carbonyl (C=O) groups excluding carboxylic acids is 1. The molecule has 0 heterocycles. The summed E-state index contributed by atoms with van der Waals surface area (Å²) < 4.78 is 30.2. The summed E-state index contributed by atoms with van der Waals surface area (Å²) in [5.41, 5.74) is 0.205. The zero-order valence-corrected chi connectivity index (χ0v) is 13.4. The molecule has 0 aliphatic carbocycles. The van der Waals surface area contributed by atoms with E-state index in [1.807, 2.05) is 0 Å². The van der Waals surface area contributed by atoms with Crippen molar-refractivity contribution >= 4 is 27.2 Å². The van der Waals surface area contributed by atoms with Gasteiger partial charge in [0.1, 0.15) is 0 Å². The van der Waals surface area contributed by atoms with Crippen LogP contribution in [0.2, 0.25) is 5.02 Å². The fourth-order valence-corrected chi connectivity index (χ4v) is 3.53. The molecule has 2 aromatic carbocycles. The second-order valence-electron chi connectivity index (χ2n) is 4.57. The molecule has 2 aromatic rings. The second kappa shape index (κ2) is 5.98. The molecule has 0 atom stereocenters. The van der Waals surface area contributed by atoms with Crippen LogP contribution in [-0.2, 0) is 9.84 Å². The molecule has 22 heavy (non-hydrogen) atoms. The van der Waals surface area contributed by atoms with Crippen molar-refractivity contribution in [2.75, 3.05) is 7.11 Å². The van der Waals surface area contributed by atoms with Crippen LogP contribution in [0.1, 0.15) is 17.3 Å². The lowest BCUT2D eigenvalue weighted by Gasteiger charge is -2.09. The Morgan fingerprint density at radius 1 is 1.14 bits per heavy atom. The lowest BCUT2D eigenvalue weighted by atomic mass is 10.1. The minimum absolute atomic E-state index is 0.0369. The third-order valence-corrected chi connectivity index (χ3v) is 5.00. The lowest BCUT2D eigenvalue weighted by molar-refractivity contribution is 0.101. The molecule has 0 fully saturated rings. The number of phenolic OH excluding ortho intramolecular Hbond substituents is 1. The lowest BCUT2D eigenvalue weighted by Crippen LogP contribution is -2.04. The van der Waals surface area contributed by atoms with Gasteiger partial charge in [-0.05, 0) is 37.3 Å². The first kappa shape index (κ1) is 16.3. The van der Waals surface area contributed by atoms with Crippen molar-refractivity contribution in [1.29, 1.82) is 0 Å². The Morgan fingerprint density at radius 3 is 2.41 bits per heavy atom. The Hall–Kier alpha value is -2.05. The molecule has 0 radical (unpaired) electrons. The van der Waals surface area contributed by atoms with Crippen molar-refractivity contribution in [3.8, 4) is 11.5 Å². The largest absolute Gasteiger partial charge is 0.504 e. The highest BCUT2D eigenvalue weighted by Gasteiger charge is 2.21. The molecule has 0 unspecified atom stereocenters. The number of methoxy groups -OCH3 is 1. The Balaban J connectivity index is 2.62. The van der Waals surface area contributed by atoms with Gasteiger partial charge in [-0.3, -0.25) is 4.79 Å². The monoisotopic (exact) mass is 340 g/mol. The maximum Gasteiger partial charge on any atom is 0.206 e. The van der Waals surface area contributed by atoms with Crippen LogP contribution in [0.5, 0.6) is 11.5 Å². The third kappa shape index (κ3) is 3.08. The molecule has 1 N–H and O–H groups in total. The van der Waals surface area contributed by atoms with E-state index >= 15 is 0 Å². The topological polar surface area (TPSA) is 80.7 Å². The minimum atomic E-state index is -3.89. The molecule has 0 aromatic heterocycles. The molecular formula is C15H13ClO5S. The molecule has 0 aliphatic heterocycles. The first-order valence-electron chi connectivity index (χ1n) is 6.19. The highest BCUT2D eigenvalue weighted by molar-refractivity contribution is 7.91. The fraction of sp³-hybridized carbons (Fsp3) is 0.133. The molecule has 5 nitrogen and oxygen atoms in total. The Kier molecular flexibility index (Phi) is 4.44. The number of ether oxygens (including phenoxy) is 1. The SMILES string of the molecule is COc1cc(S(=O)(=O)c2cc(Cl)cc(C(C)=O)c2)ccc1O. The van der Waals surface area contributed by atoms with E-state index in [1.165, 1.54) is 50.4 Å². The van der Waals surface area contributed by atoms with Crippen molar-refractivity contribution < 1.29 is 23.1 Å². The summed E-state index contributed by atoms with van der Waals surface area (Å²) in [6.45, 7) is 1.33. The van der Waals surface area contributed by atoms with Gasteiger partial charge in [0.05, 0.1) is 16.9 Å². The van der Waals surface area contributed by atoms with Crippen molar-refractivity contribution in [3.05, 3.63) is 47.0 Å². The van der Waals surface area contributed by atoms with Gasteiger partial charge in [0.2, 0.25) is 9.84 Å². The van der Waals surface area contributed by atoms with Gasteiger partial charge in [-0.15, -0.1) is 0 Å². The first-order chi connectivity index (χ1) is 10.3. The van der Waals surface area contributed by atoms with Gasteiger partial charge < -0.3 is 9.84 Å². The number of halogens is 1. The molecule has 116 valence electrons. The number of sulfone groups is 1. The molecule has 0 spiro atoms. The summed E-state index contributed by atoms with van der Waals surface area (Å²) in [5.74, 6) is -0.422.